The van der Waals surface area contributed by atoms with Crippen LogP contribution in [0.3, 0.4) is 0 Å². The van der Waals surface area contributed by atoms with Crippen molar-refractivity contribution in [3.63, 3.8) is 0 Å². The molecule has 126 valence electrons. The minimum atomic E-state index is -0.0257. The number of hydrogen-bond acceptors (Lipinski definition) is 3. The van der Waals surface area contributed by atoms with E-state index < -0.39 is 0 Å². The van der Waals surface area contributed by atoms with Crippen molar-refractivity contribution in [2.24, 2.45) is 0 Å². The first-order valence-corrected chi connectivity index (χ1v) is 8.62. The first-order valence-electron chi connectivity index (χ1n) is 8.62. The van der Waals surface area contributed by atoms with Crippen LogP contribution in [0.2, 0.25) is 0 Å². The lowest BCUT2D eigenvalue weighted by molar-refractivity contribution is 0.808. The van der Waals surface area contributed by atoms with E-state index in [1.165, 1.54) is 0 Å². The molecular weight excluding hydrogens is 318 g/mol. The van der Waals surface area contributed by atoms with Crippen LogP contribution < -0.4 is 4.90 Å². The molecule has 0 saturated carbocycles. The Bertz CT molecular complexity index is 766. The molecule has 3 nitrogen and oxygen atoms in total. The second-order valence-electron chi connectivity index (χ2n) is 6.02. The molecule has 3 heteroatoms. The molecule has 4 aromatic rings. The highest BCUT2D eigenvalue weighted by molar-refractivity contribution is 5.66. The van der Waals surface area contributed by atoms with Crippen LogP contribution in [0.25, 0.3) is 0 Å². The molecule has 0 N–H and O–H groups in total. The largest absolute Gasteiger partial charge is 0.330 e. The van der Waals surface area contributed by atoms with Gasteiger partial charge < -0.3 is 4.90 Å². The van der Waals surface area contributed by atoms with Gasteiger partial charge in [0.2, 0.25) is 0 Å². The van der Waals surface area contributed by atoms with Crippen LogP contribution in [0.1, 0.15) is 17.2 Å². The van der Waals surface area contributed by atoms with E-state index in [9.17, 15) is 0 Å². The number of anilines is 2. The summed E-state index contributed by atoms with van der Waals surface area (Å²) in [5.74, 6) is 0. The van der Waals surface area contributed by atoms with Gasteiger partial charge in [0.15, 0.2) is 0 Å². The van der Waals surface area contributed by atoms with Gasteiger partial charge in [-0.25, -0.2) is 0 Å². The summed E-state index contributed by atoms with van der Waals surface area (Å²) in [7, 11) is 0. The molecule has 2 heterocycles. The minimum Gasteiger partial charge on any atom is -0.330 e. The highest BCUT2D eigenvalue weighted by atomic mass is 15.2. The van der Waals surface area contributed by atoms with Crippen LogP contribution in [0, 0.1) is 0 Å². The third-order valence-corrected chi connectivity index (χ3v) is 4.33. The Morgan fingerprint density at radius 1 is 0.538 bits per heavy atom. The predicted molar refractivity (Wildman–Crippen MR) is 105 cm³/mol. The van der Waals surface area contributed by atoms with E-state index in [2.05, 4.69) is 75.5 Å². The zero-order valence-corrected chi connectivity index (χ0v) is 14.3. The number of rotatable bonds is 5. The Morgan fingerprint density at radius 3 is 1.38 bits per heavy atom. The van der Waals surface area contributed by atoms with Gasteiger partial charge in [-0.3, -0.25) is 9.97 Å². The number of benzene rings is 2. The van der Waals surface area contributed by atoms with Crippen LogP contribution in [0.15, 0.2) is 110 Å². The summed E-state index contributed by atoms with van der Waals surface area (Å²) in [6.45, 7) is 0. The summed E-state index contributed by atoms with van der Waals surface area (Å²) in [6, 6.07) is 29.0. The van der Waals surface area contributed by atoms with E-state index in [1.807, 2.05) is 36.7 Å². The monoisotopic (exact) mass is 337 g/mol. The third-order valence-electron chi connectivity index (χ3n) is 4.33. The highest BCUT2D eigenvalue weighted by Crippen LogP contribution is 2.38. The van der Waals surface area contributed by atoms with Gasteiger partial charge in [0, 0.05) is 36.2 Å². The molecule has 26 heavy (non-hydrogen) atoms. The summed E-state index contributed by atoms with van der Waals surface area (Å²) in [6.07, 6.45) is 7.46. The van der Waals surface area contributed by atoms with Crippen molar-refractivity contribution in [3.05, 3.63) is 121 Å². The lowest BCUT2D eigenvalue weighted by Crippen LogP contribution is -2.25. The first-order chi connectivity index (χ1) is 12.9. The highest BCUT2D eigenvalue weighted by Gasteiger charge is 2.24. The fraction of sp³-hybridized carbons (Fsp3) is 0.0435. The summed E-state index contributed by atoms with van der Waals surface area (Å²) in [5.41, 5.74) is 4.48. The lowest BCUT2D eigenvalue weighted by Gasteiger charge is -2.34. The topological polar surface area (TPSA) is 29.0 Å². The first kappa shape index (κ1) is 16.0. The third kappa shape index (κ3) is 3.33. The maximum absolute atomic E-state index is 4.35. The standard InChI is InChI=1S/C23H19N3/c1-3-11-21(12-4-1)26(22-13-5-2-6-14-22)23(19-9-7-15-24-17-19)20-10-8-16-25-18-20/h1-18,23H. The average Bonchev–Trinajstić information content (AvgIpc) is 2.74. The van der Waals surface area contributed by atoms with Crippen molar-refractivity contribution >= 4 is 11.4 Å². The van der Waals surface area contributed by atoms with Crippen LogP contribution >= 0.6 is 0 Å². The van der Waals surface area contributed by atoms with Gasteiger partial charge in [-0.05, 0) is 47.5 Å². The zero-order valence-electron chi connectivity index (χ0n) is 14.3. The number of para-hydroxylation sites is 2. The molecule has 0 unspecified atom stereocenters. The molecule has 0 radical (unpaired) electrons. The number of pyridine rings is 2. The zero-order chi connectivity index (χ0) is 17.6. The van der Waals surface area contributed by atoms with Crippen molar-refractivity contribution in [3.8, 4) is 0 Å². The van der Waals surface area contributed by atoms with Gasteiger partial charge in [-0.2, -0.15) is 0 Å². The van der Waals surface area contributed by atoms with Crippen LogP contribution in [-0.4, -0.2) is 9.97 Å². The van der Waals surface area contributed by atoms with Crippen molar-refractivity contribution < 1.29 is 0 Å². The van der Waals surface area contributed by atoms with Gasteiger partial charge in [-0.15, -0.1) is 0 Å². The fourth-order valence-corrected chi connectivity index (χ4v) is 3.19. The van der Waals surface area contributed by atoms with E-state index in [0.717, 1.165) is 22.5 Å². The molecule has 0 spiro atoms. The van der Waals surface area contributed by atoms with Crippen LogP contribution in [-0.2, 0) is 0 Å². The second kappa shape index (κ2) is 7.62. The quantitative estimate of drug-likeness (QED) is 0.488. The molecule has 2 aromatic carbocycles. The molecule has 0 saturated heterocycles. The SMILES string of the molecule is c1ccc(N(c2ccccc2)C(c2cccnc2)c2cccnc2)cc1. The molecule has 0 bridgehead atoms. The predicted octanol–water partition coefficient (Wildman–Crippen LogP) is 5.40. The van der Waals surface area contributed by atoms with E-state index >= 15 is 0 Å². The van der Waals surface area contributed by atoms with E-state index in [1.54, 1.807) is 12.4 Å². The van der Waals surface area contributed by atoms with E-state index in [4.69, 9.17) is 0 Å². The molecule has 0 amide bonds. The summed E-state index contributed by atoms with van der Waals surface area (Å²) in [5, 5.41) is 0. The number of hydrogen-bond donors (Lipinski definition) is 0. The van der Waals surface area contributed by atoms with Crippen molar-refractivity contribution in [1.82, 2.24) is 9.97 Å². The van der Waals surface area contributed by atoms with Gasteiger partial charge in [-0.1, -0.05) is 48.5 Å². The summed E-state index contributed by atoms with van der Waals surface area (Å²) >= 11 is 0. The normalized spacial score (nSPS) is 10.7. The fourth-order valence-electron chi connectivity index (χ4n) is 3.19. The number of aromatic nitrogens is 2. The summed E-state index contributed by atoms with van der Waals surface area (Å²) in [4.78, 5) is 11.0. The molecule has 2 aromatic heterocycles. The second-order valence-corrected chi connectivity index (χ2v) is 6.02. The molecule has 0 aliphatic carbocycles. The minimum absolute atomic E-state index is 0.0257. The Hall–Kier alpha value is -3.46. The Morgan fingerprint density at radius 2 is 1.00 bits per heavy atom. The van der Waals surface area contributed by atoms with Gasteiger partial charge in [0.1, 0.15) is 0 Å². The van der Waals surface area contributed by atoms with Gasteiger partial charge in [0.05, 0.1) is 6.04 Å². The smallest absolute Gasteiger partial charge is 0.0874 e. The lowest BCUT2D eigenvalue weighted by atomic mass is 9.98. The Labute approximate surface area is 153 Å². The maximum atomic E-state index is 4.35. The van der Waals surface area contributed by atoms with Crippen LogP contribution in [0.5, 0.6) is 0 Å². The number of nitrogens with zero attached hydrogens (tertiary/aromatic N) is 3. The van der Waals surface area contributed by atoms with Gasteiger partial charge in [0.25, 0.3) is 0 Å². The Balaban J connectivity index is 1.93. The Kier molecular flexibility index (Phi) is 4.70. The van der Waals surface area contributed by atoms with Crippen molar-refractivity contribution in [1.29, 1.82) is 0 Å². The molecule has 0 fully saturated rings. The van der Waals surface area contributed by atoms with Crippen molar-refractivity contribution in [2.75, 3.05) is 4.90 Å². The molecule has 0 aliphatic heterocycles. The van der Waals surface area contributed by atoms with E-state index in [-0.39, 0.29) is 6.04 Å². The molecule has 0 aliphatic rings. The average molecular weight is 337 g/mol. The van der Waals surface area contributed by atoms with E-state index in [0.29, 0.717) is 0 Å². The molecule has 4 rings (SSSR count). The van der Waals surface area contributed by atoms with Crippen molar-refractivity contribution in [2.45, 2.75) is 6.04 Å². The van der Waals surface area contributed by atoms with Crippen LogP contribution in [0.4, 0.5) is 11.4 Å². The molecule has 0 atom stereocenters. The maximum Gasteiger partial charge on any atom is 0.0874 e. The summed E-state index contributed by atoms with van der Waals surface area (Å²) < 4.78 is 0. The molecular formula is C23H19N3. The van der Waals surface area contributed by atoms with Gasteiger partial charge >= 0.3 is 0 Å².